The number of pyridine rings is 1. The fourth-order valence-corrected chi connectivity index (χ4v) is 2.60. The number of hydrogen-bond donors (Lipinski definition) is 2. The van der Waals surface area contributed by atoms with Crippen molar-refractivity contribution in [2.45, 2.75) is 19.9 Å². The summed E-state index contributed by atoms with van der Waals surface area (Å²) in [5.41, 5.74) is 7.66. The van der Waals surface area contributed by atoms with Gasteiger partial charge in [-0.15, -0.1) is 0 Å². The number of nitrogens with zero attached hydrogens (tertiary/aromatic N) is 2. The van der Waals surface area contributed by atoms with E-state index in [1.54, 1.807) is 13.3 Å². The zero-order chi connectivity index (χ0) is 21.2. The Hall–Kier alpha value is -3.74. The van der Waals surface area contributed by atoms with Gasteiger partial charge >= 0.3 is 0 Å². The number of rotatable bonds is 9. The summed E-state index contributed by atoms with van der Waals surface area (Å²) in [6.07, 6.45) is 2.65. The molecule has 0 saturated carbocycles. The van der Waals surface area contributed by atoms with Crippen molar-refractivity contribution in [1.82, 2.24) is 4.98 Å². The molecule has 0 radical (unpaired) electrons. The molecule has 7 nitrogen and oxygen atoms in total. The highest BCUT2D eigenvalue weighted by Crippen LogP contribution is 2.25. The highest BCUT2D eigenvalue weighted by molar-refractivity contribution is 5.92. The highest BCUT2D eigenvalue weighted by atomic mass is 16.5. The van der Waals surface area contributed by atoms with E-state index in [1.165, 1.54) is 0 Å². The third-order valence-electron chi connectivity index (χ3n) is 4.14. The highest BCUT2D eigenvalue weighted by Gasteiger charge is 2.07. The number of guanidine groups is 1. The fourth-order valence-electron chi connectivity index (χ4n) is 2.60. The Kier molecular flexibility index (Phi) is 7.49. The van der Waals surface area contributed by atoms with Gasteiger partial charge in [0.1, 0.15) is 17.2 Å². The summed E-state index contributed by atoms with van der Waals surface area (Å²) < 4.78 is 16.7. The standard InChI is InChI=1S/C23H26N4O3/c1-3-15-29-20-10-12-21(13-11-20)30-22-17(5-4-14-25-22)16-26-23(24)27-18-6-8-19(28-2)9-7-18/h4-14H,3,15-16H2,1-2H3,(H3,24,26,27). The monoisotopic (exact) mass is 406 g/mol. The number of methoxy groups -OCH3 is 1. The molecule has 0 aliphatic rings. The zero-order valence-electron chi connectivity index (χ0n) is 17.2. The Labute approximate surface area is 176 Å². The van der Waals surface area contributed by atoms with Gasteiger partial charge in [0.25, 0.3) is 0 Å². The number of benzene rings is 2. The zero-order valence-corrected chi connectivity index (χ0v) is 17.2. The molecule has 156 valence electrons. The molecule has 1 heterocycles. The predicted octanol–water partition coefficient (Wildman–Crippen LogP) is 4.60. The van der Waals surface area contributed by atoms with Crippen molar-refractivity contribution in [3.8, 4) is 23.1 Å². The SMILES string of the molecule is CCCOc1ccc(Oc2ncccc2CN=C(N)Nc2ccc(OC)cc2)cc1. The average Bonchev–Trinajstić information content (AvgIpc) is 2.78. The molecule has 3 N–H and O–H groups in total. The largest absolute Gasteiger partial charge is 0.497 e. The van der Waals surface area contributed by atoms with Gasteiger partial charge in [0.2, 0.25) is 5.88 Å². The second kappa shape index (κ2) is 10.7. The Morgan fingerprint density at radius 1 is 1.00 bits per heavy atom. The first-order valence-corrected chi connectivity index (χ1v) is 9.73. The first-order chi connectivity index (χ1) is 14.7. The van der Waals surface area contributed by atoms with Crippen LogP contribution in [0.5, 0.6) is 23.1 Å². The van der Waals surface area contributed by atoms with Gasteiger partial charge in [0, 0.05) is 17.4 Å². The molecule has 0 spiro atoms. The summed E-state index contributed by atoms with van der Waals surface area (Å²) in [6.45, 7) is 3.09. The van der Waals surface area contributed by atoms with Crippen molar-refractivity contribution in [3.05, 3.63) is 72.4 Å². The summed E-state index contributed by atoms with van der Waals surface area (Å²) >= 11 is 0. The van der Waals surface area contributed by atoms with Crippen LogP contribution in [0.1, 0.15) is 18.9 Å². The van der Waals surface area contributed by atoms with Gasteiger partial charge in [0.15, 0.2) is 5.96 Å². The molecule has 0 fully saturated rings. The smallest absolute Gasteiger partial charge is 0.224 e. The van der Waals surface area contributed by atoms with E-state index < -0.39 is 0 Å². The molecular formula is C23H26N4O3. The summed E-state index contributed by atoms with van der Waals surface area (Å²) in [5.74, 6) is 3.05. The molecule has 0 amide bonds. The van der Waals surface area contributed by atoms with Gasteiger partial charge in [-0.3, -0.25) is 0 Å². The molecule has 0 saturated heterocycles. The van der Waals surface area contributed by atoms with Crippen molar-refractivity contribution >= 4 is 11.6 Å². The Balaban J connectivity index is 1.63. The van der Waals surface area contributed by atoms with Crippen molar-refractivity contribution in [2.75, 3.05) is 19.0 Å². The minimum Gasteiger partial charge on any atom is -0.497 e. The van der Waals surface area contributed by atoms with Crippen LogP contribution in [0.3, 0.4) is 0 Å². The lowest BCUT2D eigenvalue weighted by atomic mass is 10.2. The molecular weight excluding hydrogens is 380 g/mol. The lowest BCUT2D eigenvalue weighted by molar-refractivity contribution is 0.317. The summed E-state index contributed by atoms with van der Waals surface area (Å²) in [5, 5.41) is 3.05. The Bertz CT molecular complexity index is 957. The first kappa shape index (κ1) is 21.0. The number of anilines is 1. The van der Waals surface area contributed by atoms with E-state index in [-0.39, 0.29) is 0 Å². The number of nitrogens with one attached hydrogen (secondary N) is 1. The van der Waals surface area contributed by atoms with Gasteiger partial charge in [0.05, 0.1) is 20.3 Å². The maximum absolute atomic E-state index is 6.02. The third-order valence-corrected chi connectivity index (χ3v) is 4.14. The summed E-state index contributed by atoms with van der Waals surface area (Å²) in [4.78, 5) is 8.72. The van der Waals surface area contributed by atoms with E-state index in [0.29, 0.717) is 30.7 Å². The Morgan fingerprint density at radius 2 is 1.70 bits per heavy atom. The molecule has 3 rings (SSSR count). The van der Waals surface area contributed by atoms with Crippen molar-refractivity contribution < 1.29 is 14.2 Å². The second-order valence-corrected chi connectivity index (χ2v) is 6.44. The summed E-state index contributed by atoms with van der Waals surface area (Å²) in [7, 11) is 1.63. The van der Waals surface area contributed by atoms with Crippen LogP contribution in [0.4, 0.5) is 5.69 Å². The van der Waals surface area contributed by atoms with Crippen molar-refractivity contribution in [1.29, 1.82) is 0 Å². The van der Waals surface area contributed by atoms with Gasteiger partial charge in [-0.1, -0.05) is 13.0 Å². The minimum absolute atomic E-state index is 0.299. The molecule has 0 aliphatic heterocycles. The number of aliphatic imine (C=N–C) groups is 1. The van der Waals surface area contributed by atoms with Crippen LogP contribution >= 0.6 is 0 Å². The molecule has 1 aromatic heterocycles. The molecule has 0 bridgehead atoms. The second-order valence-electron chi connectivity index (χ2n) is 6.44. The number of aromatic nitrogens is 1. The van der Waals surface area contributed by atoms with Gasteiger partial charge in [-0.05, 0) is 61.0 Å². The van der Waals surface area contributed by atoms with E-state index in [1.807, 2.05) is 60.7 Å². The van der Waals surface area contributed by atoms with E-state index in [2.05, 4.69) is 22.2 Å². The fraction of sp³-hybridized carbons (Fsp3) is 0.217. The van der Waals surface area contributed by atoms with Gasteiger partial charge in [-0.25, -0.2) is 9.98 Å². The number of ether oxygens (including phenoxy) is 3. The van der Waals surface area contributed by atoms with E-state index >= 15 is 0 Å². The molecule has 7 heteroatoms. The van der Waals surface area contributed by atoms with Crippen LogP contribution in [0.25, 0.3) is 0 Å². The van der Waals surface area contributed by atoms with Crippen LogP contribution in [0, 0.1) is 0 Å². The van der Waals surface area contributed by atoms with Crippen molar-refractivity contribution in [2.24, 2.45) is 10.7 Å². The molecule has 2 aromatic carbocycles. The molecule has 30 heavy (non-hydrogen) atoms. The van der Waals surface area contributed by atoms with Crippen LogP contribution in [-0.2, 0) is 6.54 Å². The lowest BCUT2D eigenvalue weighted by Crippen LogP contribution is -2.22. The van der Waals surface area contributed by atoms with Crippen LogP contribution in [-0.4, -0.2) is 24.7 Å². The normalized spacial score (nSPS) is 11.1. The van der Waals surface area contributed by atoms with Gasteiger partial charge < -0.3 is 25.3 Å². The minimum atomic E-state index is 0.299. The molecule has 0 atom stereocenters. The Morgan fingerprint density at radius 3 is 2.40 bits per heavy atom. The maximum Gasteiger partial charge on any atom is 0.224 e. The molecule has 3 aromatic rings. The number of nitrogens with two attached hydrogens (primary N) is 1. The third kappa shape index (κ3) is 6.13. The lowest BCUT2D eigenvalue weighted by Gasteiger charge is -2.10. The molecule has 0 unspecified atom stereocenters. The maximum atomic E-state index is 6.02. The van der Waals surface area contributed by atoms with E-state index in [0.717, 1.165) is 29.2 Å². The van der Waals surface area contributed by atoms with Crippen LogP contribution < -0.4 is 25.3 Å². The van der Waals surface area contributed by atoms with Crippen LogP contribution in [0.15, 0.2) is 71.9 Å². The van der Waals surface area contributed by atoms with Gasteiger partial charge in [-0.2, -0.15) is 0 Å². The average molecular weight is 406 g/mol. The summed E-state index contributed by atoms with van der Waals surface area (Å²) in [6, 6.07) is 18.6. The topological polar surface area (TPSA) is 91.0 Å². The van der Waals surface area contributed by atoms with E-state index in [9.17, 15) is 0 Å². The first-order valence-electron chi connectivity index (χ1n) is 9.73. The van der Waals surface area contributed by atoms with Crippen molar-refractivity contribution in [3.63, 3.8) is 0 Å². The van der Waals surface area contributed by atoms with E-state index in [4.69, 9.17) is 19.9 Å². The molecule has 0 aliphatic carbocycles. The predicted molar refractivity (Wildman–Crippen MR) is 118 cm³/mol. The van der Waals surface area contributed by atoms with Crippen LogP contribution in [0.2, 0.25) is 0 Å². The quantitative estimate of drug-likeness (QED) is 0.399. The number of hydrogen-bond acceptors (Lipinski definition) is 5.